The number of rotatable bonds is 4. The van der Waals surface area contributed by atoms with Crippen molar-refractivity contribution in [2.45, 2.75) is 38.3 Å². The monoisotopic (exact) mass is 224 g/mol. The molecule has 2 atom stereocenters. The van der Waals surface area contributed by atoms with Gasteiger partial charge in [-0.05, 0) is 26.2 Å². The number of hydrogen-bond acceptors (Lipinski definition) is 3. The maximum Gasteiger partial charge on any atom is 0.338 e. The summed E-state index contributed by atoms with van der Waals surface area (Å²) in [5.41, 5.74) is 0.238. The molecule has 2 rings (SSSR count). The molecule has 0 saturated heterocycles. The fourth-order valence-corrected chi connectivity index (χ4v) is 2.25. The van der Waals surface area contributed by atoms with Crippen molar-refractivity contribution in [3.05, 3.63) is 18.0 Å². The first-order valence-electron chi connectivity index (χ1n) is 5.61. The van der Waals surface area contributed by atoms with Gasteiger partial charge in [0.05, 0.1) is 23.9 Å². The van der Waals surface area contributed by atoms with Crippen LogP contribution in [0.2, 0.25) is 0 Å². The first-order chi connectivity index (χ1) is 7.72. The van der Waals surface area contributed by atoms with Crippen molar-refractivity contribution in [3.8, 4) is 0 Å². The second-order valence-corrected chi connectivity index (χ2v) is 4.01. The molecule has 0 aromatic carbocycles. The quantitative estimate of drug-likeness (QED) is 0.845. The number of carbonyl (C=O) groups is 1. The van der Waals surface area contributed by atoms with E-state index in [2.05, 4.69) is 5.10 Å². The first-order valence-corrected chi connectivity index (χ1v) is 5.61. The Morgan fingerprint density at radius 3 is 3.12 bits per heavy atom. The highest BCUT2D eigenvalue weighted by Gasteiger charge is 2.30. The summed E-state index contributed by atoms with van der Waals surface area (Å²) < 4.78 is 7.36. The summed E-state index contributed by atoms with van der Waals surface area (Å²) in [6.45, 7) is 2.66. The van der Waals surface area contributed by atoms with Crippen LogP contribution in [0.4, 0.5) is 0 Å². The standard InChI is InChI=1S/C11H16N2O3/c1-2-16-10-5-3-4-9(10)13-7-8(6-12-13)11(14)15/h6-7,9-10H,2-5H2,1H3,(H,14,15)/t9-,10-/m1/s1. The third-order valence-electron chi connectivity index (χ3n) is 2.99. The number of nitrogens with zero attached hydrogens (tertiary/aromatic N) is 2. The van der Waals surface area contributed by atoms with Crippen molar-refractivity contribution in [1.29, 1.82) is 0 Å². The summed E-state index contributed by atoms with van der Waals surface area (Å²) in [6.07, 6.45) is 6.30. The molecule has 88 valence electrons. The van der Waals surface area contributed by atoms with Gasteiger partial charge in [-0.2, -0.15) is 5.10 Å². The fraction of sp³-hybridized carbons (Fsp3) is 0.636. The number of hydrogen-bond donors (Lipinski definition) is 1. The molecule has 0 aliphatic heterocycles. The average molecular weight is 224 g/mol. The van der Waals surface area contributed by atoms with Gasteiger partial charge in [0.15, 0.2) is 0 Å². The number of ether oxygens (including phenoxy) is 1. The van der Waals surface area contributed by atoms with E-state index in [4.69, 9.17) is 9.84 Å². The van der Waals surface area contributed by atoms with Crippen LogP contribution in [-0.2, 0) is 4.74 Å². The van der Waals surface area contributed by atoms with Gasteiger partial charge in [0.2, 0.25) is 0 Å². The Morgan fingerprint density at radius 1 is 1.69 bits per heavy atom. The molecule has 1 aromatic heterocycles. The van der Waals surface area contributed by atoms with Crippen molar-refractivity contribution >= 4 is 5.97 Å². The Balaban J connectivity index is 2.13. The molecule has 1 aliphatic rings. The van der Waals surface area contributed by atoms with E-state index in [1.54, 1.807) is 10.9 Å². The Hall–Kier alpha value is -1.36. The summed E-state index contributed by atoms with van der Waals surface area (Å²) in [7, 11) is 0. The predicted molar refractivity (Wildman–Crippen MR) is 57.5 cm³/mol. The molecule has 0 spiro atoms. The fourth-order valence-electron chi connectivity index (χ4n) is 2.25. The molecule has 5 nitrogen and oxygen atoms in total. The van der Waals surface area contributed by atoms with E-state index in [-0.39, 0.29) is 17.7 Å². The summed E-state index contributed by atoms with van der Waals surface area (Å²) in [4.78, 5) is 10.8. The van der Waals surface area contributed by atoms with Crippen LogP contribution < -0.4 is 0 Å². The lowest BCUT2D eigenvalue weighted by Crippen LogP contribution is -2.22. The van der Waals surface area contributed by atoms with Crippen molar-refractivity contribution in [2.24, 2.45) is 0 Å². The Kier molecular flexibility index (Phi) is 3.24. The Labute approximate surface area is 94.0 Å². The Bertz CT molecular complexity index is 375. The second-order valence-electron chi connectivity index (χ2n) is 4.01. The van der Waals surface area contributed by atoms with E-state index >= 15 is 0 Å². The maximum atomic E-state index is 10.8. The molecule has 0 radical (unpaired) electrons. The largest absolute Gasteiger partial charge is 0.478 e. The highest BCUT2D eigenvalue weighted by molar-refractivity contribution is 5.86. The molecule has 1 aromatic rings. The summed E-state index contributed by atoms with van der Waals surface area (Å²) in [6, 6.07) is 0.188. The van der Waals surface area contributed by atoms with Crippen LogP contribution in [0.5, 0.6) is 0 Å². The highest BCUT2D eigenvalue weighted by Crippen LogP contribution is 2.32. The minimum absolute atomic E-state index is 0.173. The van der Waals surface area contributed by atoms with Crippen molar-refractivity contribution in [1.82, 2.24) is 9.78 Å². The van der Waals surface area contributed by atoms with E-state index < -0.39 is 5.97 Å². The average Bonchev–Trinajstić information content (AvgIpc) is 2.84. The van der Waals surface area contributed by atoms with E-state index in [0.29, 0.717) is 6.61 Å². The molecule has 0 bridgehead atoms. The van der Waals surface area contributed by atoms with Gasteiger partial charge in [-0.1, -0.05) is 0 Å². The van der Waals surface area contributed by atoms with Crippen LogP contribution in [0.15, 0.2) is 12.4 Å². The normalized spacial score (nSPS) is 24.8. The van der Waals surface area contributed by atoms with Gasteiger partial charge in [-0.25, -0.2) is 4.79 Å². The van der Waals surface area contributed by atoms with Gasteiger partial charge in [-0.15, -0.1) is 0 Å². The summed E-state index contributed by atoms with van der Waals surface area (Å²) >= 11 is 0. The SMILES string of the molecule is CCO[C@@H]1CCC[C@H]1n1cc(C(=O)O)cn1. The minimum Gasteiger partial charge on any atom is -0.478 e. The third-order valence-corrected chi connectivity index (χ3v) is 2.99. The molecule has 1 N–H and O–H groups in total. The molecule has 1 fully saturated rings. The first kappa shape index (κ1) is 11.1. The zero-order valence-electron chi connectivity index (χ0n) is 9.30. The van der Waals surface area contributed by atoms with Gasteiger partial charge >= 0.3 is 5.97 Å². The van der Waals surface area contributed by atoms with Crippen LogP contribution in [-0.4, -0.2) is 33.6 Å². The summed E-state index contributed by atoms with van der Waals surface area (Å²) in [5, 5.41) is 12.9. The van der Waals surface area contributed by atoms with Crippen molar-refractivity contribution in [2.75, 3.05) is 6.61 Å². The van der Waals surface area contributed by atoms with E-state index in [9.17, 15) is 4.79 Å². The van der Waals surface area contributed by atoms with Crippen LogP contribution in [0, 0.1) is 0 Å². The van der Waals surface area contributed by atoms with E-state index in [1.165, 1.54) is 6.20 Å². The lowest BCUT2D eigenvalue weighted by molar-refractivity contribution is 0.0365. The molecule has 1 saturated carbocycles. The molecule has 1 heterocycles. The van der Waals surface area contributed by atoms with E-state index in [0.717, 1.165) is 19.3 Å². The van der Waals surface area contributed by atoms with Gasteiger partial charge in [-0.3, -0.25) is 4.68 Å². The lowest BCUT2D eigenvalue weighted by atomic mass is 10.2. The lowest BCUT2D eigenvalue weighted by Gasteiger charge is -2.19. The van der Waals surface area contributed by atoms with Crippen LogP contribution >= 0.6 is 0 Å². The van der Waals surface area contributed by atoms with Crippen LogP contribution in [0.25, 0.3) is 0 Å². The van der Waals surface area contributed by atoms with Gasteiger partial charge < -0.3 is 9.84 Å². The highest BCUT2D eigenvalue weighted by atomic mass is 16.5. The molecule has 1 aliphatic carbocycles. The molecular formula is C11H16N2O3. The Morgan fingerprint density at radius 2 is 2.50 bits per heavy atom. The molecular weight excluding hydrogens is 208 g/mol. The van der Waals surface area contributed by atoms with Gasteiger partial charge in [0.1, 0.15) is 0 Å². The van der Waals surface area contributed by atoms with Crippen LogP contribution in [0.1, 0.15) is 42.6 Å². The third kappa shape index (κ3) is 2.09. The smallest absolute Gasteiger partial charge is 0.338 e. The number of aromatic carboxylic acids is 1. The van der Waals surface area contributed by atoms with E-state index in [1.807, 2.05) is 6.92 Å². The summed E-state index contributed by atoms with van der Waals surface area (Å²) in [5.74, 6) is -0.933. The minimum atomic E-state index is -0.933. The maximum absolute atomic E-state index is 10.8. The number of carboxylic acid groups (broad SMARTS) is 1. The number of aromatic nitrogens is 2. The molecule has 0 unspecified atom stereocenters. The van der Waals surface area contributed by atoms with Gasteiger partial charge in [0, 0.05) is 12.8 Å². The molecule has 5 heteroatoms. The van der Waals surface area contributed by atoms with Crippen molar-refractivity contribution in [3.63, 3.8) is 0 Å². The van der Waals surface area contributed by atoms with Gasteiger partial charge in [0.25, 0.3) is 0 Å². The second kappa shape index (κ2) is 4.65. The topological polar surface area (TPSA) is 64.3 Å². The molecule has 16 heavy (non-hydrogen) atoms. The zero-order valence-corrected chi connectivity index (χ0v) is 9.30. The number of carboxylic acids is 1. The van der Waals surface area contributed by atoms with Crippen molar-refractivity contribution < 1.29 is 14.6 Å². The zero-order chi connectivity index (χ0) is 11.5. The van der Waals surface area contributed by atoms with Crippen LogP contribution in [0.3, 0.4) is 0 Å². The molecule has 0 amide bonds. The predicted octanol–water partition coefficient (Wildman–Crippen LogP) is 1.71.